The van der Waals surface area contributed by atoms with Gasteiger partial charge in [0.1, 0.15) is 0 Å². The number of anilines is 1. The first kappa shape index (κ1) is 10.3. The van der Waals surface area contributed by atoms with Gasteiger partial charge in [-0.1, -0.05) is 24.3 Å². The molecule has 1 aromatic rings. The molecule has 0 atom stereocenters. The second-order valence-electron chi connectivity index (χ2n) is 2.92. The van der Waals surface area contributed by atoms with E-state index in [0.29, 0.717) is 6.42 Å². The Morgan fingerprint density at radius 3 is 2.64 bits per heavy atom. The zero-order valence-corrected chi connectivity index (χ0v) is 8.35. The maximum Gasteiger partial charge on any atom is 0.0640 e. The summed E-state index contributed by atoms with van der Waals surface area (Å²) in [6, 6.07) is 12.2. The molecule has 0 aromatic heterocycles. The Morgan fingerprint density at radius 1 is 1.36 bits per heavy atom. The fraction of sp³-hybridized carbons (Fsp3) is 0.250. The Kier molecular flexibility index (Phi) is 4.30. The lowest BCUT2D eigenvalue weighted by atomic mass is 10.3. The van der Waals surface area contributed by atoms with E-state index in [4.69, 9.17) is 5.26 Å². The van der Waals surface area contributed by atoms with Crippen LogP contribution in [-0.4, -0.2) is 6.54 Å². The lowest BCUT2D eigenvalue weighted by Gasteiger charge is -2.18. The predicted molar refractivity (Wildman–Crippen MR) is 58.8 cm³/mol. The molecule has 2 nitrogen and oxygen atoms in total. The molecule has 0 aliphatic heterocycles. The Bertz CT molecular complexity index is 322. The van der Waals surface area contributed by atoms with Crippen LogP contribution in [0.15, 0.2) is 42.6 Å². The minimum atomic E-state index is 0.541. The van der Waals surface area contributed by atoms with Crippen LogP contribution in [0.3, 0.4) is 0 Å². The molecule has 0 radical (unpaired) electrons. The highest BCUT2D eigenvalue weighted by Crippen LogP contribution is 2.13. The van der Waals surface area contributed by atoms with Crippen molar-refractivity contribution < 1.29 is 0 Å². The number of nitriles is 1. The van der Waals surface area contributed by atoms with Crippen LogP contribution in [0.2, 0.25) is 0 Å². The van der Waals surface area contributed by atoms with Crippen LogP contribution >= 0.6 is 0 Å². The Morgan fingerprint density at radius 2 is 2.07 bits per heavy atom. The molecular weight excluding hydrogens is 172 g/mol. The van der Waals surface area contributed by atoms with Crippen LogP contribution in [0.25, 0.3) is 0 Å². The van der Waals surface area contributed by atoms with E-state index in [2.05, 4.69) is 11.0 Å². The fourth-order valence-corrected chi connectivity index (χ4v) is 1.26. The van der Waals surface area contributed by atoms with Gasteiger partial charge in [0.25, 0.3) is 0 Å². The van der Waals surface area contributed by atoms with Gasteiger partial charge < -0.3 is 4.90 Å². The lowest BCUT2D eigenvalue weighted by Crippen LogP contribution is -2.16. The van der Waals surface area contributed by atoms with Crippen molar-refractivity contribution in [3.63, 3.8) is 0 Å². The van der Waals surface area contributed by atoms with Crippen molar-refractivity contribution in [3.8, 4) is 6.07 Å². The molecule has 1 aromatic carbocycles. The average molecular weight is 186 g/mol. The Labute approximate surface area is 85.1 Å². The van der Waals surface area contributed by atoms with E-state index in [1.807, 2.05) is 49.5 Å². The highest BCUT2D eigenvalue weighted by atomic mass is 15.1. The predicted octanol–water partition coefficient (Wildman–Crippen LogP) is 2.94. The molecule has 0 aliphatic carbocycles. The number of nitrogens with zero attached hydrogens (tertiary/aromatic N) is 2. The normalized spacial score (nSPS) is 10.0. The molecule has 2 heteroatoms. The van der Waals surface area contributed by atoms with Gasteiger partial charge in [0.15, 0.2) is 0 Å². The first-order valence-electron chi connectivity index (χ1n) is 4.70. The molecule has 0 saturated carbocycles. The lowest BCUT2D eigenvalue weighted by molar-refractivity contribution is 0.940. The first-order chi connectivity index (χ1) is 6.88. The number of para-hydroxylation sites is 1. The Balaban J connectivity index is 2.73. The molecule has 0 bridgehead atoms. The number of hydrogen-bond donors (Lipinski definition) is 0. The summed E-state index contributed by atoms with van der Waals surface area (Å²) in [6.45, 7) is 2.72. The van der Waals surface area contributed by atoms with E-state index >= 15 is 0 Å². The van der Waals surface area contributed by atoms with E-state index in [1.54, 1.807) is 0 Å². The molecule has 0 unspecified atom stereocenters. The summed E-state index contributed by atoms with van der Waals surface area (Å²) in [5, 5.41) is 8.53. The third kappa shape index (κ3) is 2.95. The molecule has 0 fully saturated rings. The van der Waals surface area contributed by atoms with Crippen molar-refractivity contribution in [2.24, 2.45) is 0 Å². The van der Waals surface area contributed by atoms with Crippen molar-refractivity contribution in [1.29, 1.82) is 5.26 Å². The molecule has 0 aliphatic rings. The maximum absolute atomic E-state index is 8.53. The average Bonchev–Trinajstić information content (AvgIpc) is 2.25. The molecule has 0 spiro atoms. The van der Waals surface area contributed by atoms with Gasteiger partial charge in [-0.05, 0) is 25.3 Å². The third-order valence-corrected chi connectivity index (χ3v) is 1.88. The van der Waals surface area contributed by atoms with E-state index in [1.165, 1.54) is 0 Å². The van der Waals surface area contributed by atoms with E-state index in [0.717, 1.165) is 12.2 Å². The van der Waals surface area contributed by atoms with Crippen molar-refractivity contribution in [2.75, 3.05) is 11.4 Å². The van der Waals surface area contributed by atoms with Crippen molar-refractivity contribution in [1.82, 2.24) is 0 Å². The first-order valence-corrected chi connectivity index (χ1v) is 4.70. The van der Waals surface area contributed by atoms with Crippen LogP contribution in [0, 0.1) is 11.3 Å². The van der Waals surface area contributed by atoms with Crippen LogP contribution < -0.4 is 4.90 Å². The summed E-state index contributed by atoms with van der Waals surface area (Å²) >= 11 is 0. The summed E-state index contributed by atoms with van der Waals surface area (Å²) in [5.74, 6) is 0. The second kappa shape index (κ2) is 5.82. The summed E-state index contributed by atoms with van der Waals surface area (Å²) in [4.78, 5) is 2.07. The maximum atomic E-state index is 8.53. The molecule has 1 rings (SSSR count). The van der Waals surface area contributed by atoms with Crippen LogP contribution in [0.1, 0.15) is 13.3 Å². The number of allylic oxidation sites excluding steroid dienone is 1. The largest absolute Gasteiger partial charge is 0.347 e. The minimum absolute atomic E-state index is 0.541. The quantitative estimate of drug-likeness (QED) is 0.722. The van der Waals surface area contributed by atoms with Gasteiger partial charge >= 0.3 is 0 Å². The number of hydrogen-bond acceptors (Lipinski definition) is 2. The van der Waals surface area contributed by atoms with Crippen molar-refractivity contribution in [3.05, 3.63) is 42.6 Å². The third-order valence-electron chi connectivity index (χ3n) is 1.88. The Hall–Kier alpha value is -1.75. The zero-order valence-electron chi connectivity index (χ0n) is 8.35. The fourth-order valence-electron chi connectivity index (χ4n) is 1.26. The molecule has 0 N–H and O–H groups in total. The standard InChI is InChI=1S/C12H14N2/c1-2-10-14(11-6-9-13)12-7-4-3-5-8-12/h2-5,7-8,10H,6,11H2,1H3. The zero-order chi connectivity index (χ0) is 10.2. The van der Waals surface area contributed by atoms with Crippen LogP contribution in [0.5, 0.6) is 0 Å². The summed E-state index contributed by atoms with van der Waals surface area (Å²) < 4.78 is 0. The highest BCUT2D eigenvalue weighted by molar-refractivity contribution is 5.48. The SMILES string of the molecule is CC=CN(CCC#N)c1ccccc1. The summed E-state index contributed by atoms with van der Waals surface area (Å²) in [7, 11) is 0. The summed E-state index contributed by atoms with van der Waals surface area (Å²) in [5.41, 5.74) is 1.13. The molecule has 14 heavy (non-hydrogen) atoms. The van der Waals surface area contributed by atoms with Gasteiger partial charge in [-0.3, -0.25) is 0 Å². The highest BCUT2D eigenvalue weighted by Gasteiger charge is 2.00. The monoisotopic (exact) mass is 186 g/mol. The van der Waals surface area contributed by atoms with Crippen molar-refractivity contribution >= 4 is 5.69 Å². The van der Waals surface area contributed by atoms with E-state index in [-0.39, 0.29) is 0 Å². The smallest absolute Gasteiger partial charge is 0.0640 e. The van der Waals surface area contributed by atoms with Gasteiger partial charge in [-0.25, -0.2) is 0 Å². The van der Waals surface area contributed by atoms with Gasteiger partial charge in [0, 0.05) is 12.2 Å². The number of rotatable bonds is 4. The molecular formula is C12H14N2. The second-order valence-corrected chi connectivity index (χ2v) is 2.92. The van der Waals surface area contributed by atoms with Gasteiger partial charge in [0.05, 0.1) is 12.5 Å². The number of benzene rings is 1. The molecule has 0 saturated heterocycles. The molecule has 72 valence electrons. The van der Waals surface area contributed by atoms with Crippen molar-refractivity contribution in [2.45, 2.75) is 13.3 Å². The van der Waals surface area contributed by atoms with Crippen LogP contribution in [0.4, 0.5) is 5.69 Å². The van der Waals surface area contributed by atoms with Gasteiger partial charge in [0.2, 0.25) is 0 Å². The molecule has 0 amide bonds. The van der Waals surface area contributed by atoms with E-state index < -0.39 is 0 Å². The van der Waals surface area contributed by atoms with E-state index in [9.17, 15) is 0 Å². The molecule has 0 heterocycles. The van der Waals surface area contributed by atoms with Gasteiger partial charge in [-0.2, -0.15) is 5.26 Å². The topological polar surface area (TPSA) is 27.0 Å². The van der Waals surface area contributed by atoms with Gasteiger partial charge in [-0.15, -0.1) is 0 Å². The van der Waals surface area contributed by atoms with Crippen LogP contribution in [-0.2, 0) is 0 Å². The summed E-state index contributed by atoms with van der Waals surface area (Å²) in [6.07, 6.45) is 4.51. The minimum Gasteiger partial charge on any atom is -0.347 e.